The van der Waals surface area contributed by atoms with Gasteiger partial charge in [0.1, 0.15) is 13.2 Å². The van der Waals surface area contributed by atoms with Gasteiger partial charge in [0.05, 0.1) is 0 Å². The number of esters is 3. The maximum atomic E-state index is 13.0. The first-order valence-electron chi connectivity index (χ1n) is 35.7. The van der Waals surface area contributed by atoms with Gasteiger partial charge in [-0.1, -0.05) is 317 Å². The summed E-state index contributed by atoms with van der Waals surface area (Å²) in [6, 6.07) is 0. The molecule has 1 atom stereocenters. The molecule has 0 amide bonds. The third-order valence-electron chi connectivity index (χ3n) is 15.5. The molecule has 0 rings (SSSR count). The smallest absolute Gasteiger partial charge is 0.306 e. The SMILES string of the molecule is CC/C=C\C/C=C\C/C=C\C/C=C\C/C=C\CCCCCCCCCC(=O)OC(COC(=O)CCCCCCC/C=C\C/C=C\CCC)COC(=O)CCCCCCCCCCCCCCCCCCC/C=C\CCCCCCCCCC. The number of hydrogen-bond acceptors (Lipinski definition) is 6. The van der Waals surface area contributed by atoms with Gasteiger partial charge in [0, 0.05) is 19.3 Å². The summed E-state index contributed by atoms with van der Waals surface area (Å²) in [4.78, 5) is 38.4. The van der Waals surface area contributed by atoms with Crippen molar-refractivity contribution in [2.75, 3.05) is 13.2 Å². The second kappa shape index (κ2) is 70.8. The predicted octanol–water partition coefficient (Wildman–Crippen LogP) is 24.8. The zero-order chi connectivity index (χ0) is 59.9. The van der Waals surface area contributed by atoms with E-state index in [4.69, 9.17) is 14.2 Å². The van der Waals surface area contributed by atoms with Gasteiger partial charge in [-0.25, -0.2) is 0 Å². The highest BCUT2D eigenvalue weighted by atomic mass is 16.6. The van der Waals surface area contributed by atoms with Crippen molar-refractivity contribution < 1.29 is 28.6 Å². The molecule has 0 aliphatic rings. The number of carbonyl (C=O) groups excluding carboxylic acids is 3. The highest BCUT2D eigenvalue weighted by Gasteiger charge is 2.19. The molecule has 0 aliphatic carbocycles. The normalized spacial score (nSPS) is 12.7. The largest absolute Gasteiger partial charge is 0.462 e. The van der Waals surface area contributed by atoms with Crippen LogP contribution in [0.1, 0.15) is 355 Å². The summed E-state index contributed by atoms with van der Waals surface area (Å²) < 4.78 is 17.0. The molecule has 0 N–H and O–H groups in total. The van der Waals surface area contributed by atoms with E-state index in [2.05, 4.69) is 118 Å². The second-order valence-electron chi connectivity index (χ2n) is 23.8. The number of ether oxygens (including phenoxy) is 3. The molecule has 0 fully saturated rings. The Kier molecular flexibility index (Phi) is 67.7. The van der Waals surface area contributed by atoms with Gasteiger partial charge in [-0.3, -0.25) is 14.4 Å². The minimum absolute atomic E-state index is 0.0846. The Morgan fingerprint density at radius 2 is 0.494 bits per heavy atom. The quantitative estimate of drug-likeness (QED) is 0.0261. The molecule has 0 aromatic heterocycles. The Bertz CT molecular complexity index is 1610. The van der Waals surface area contributed by atoms with Crippen LogP contribution in [-0.4, -0.2) is 37.2 Å². The topological polar surface area (TPSA) is 78.9 Å². The summed E-state index contributed by atoms with van der Waals surface area (Å²) in [6.45, 7) is 6.48. The van der Waals surface area contributed by atoms with Crippen molar-refractivity contribution in [1.82, 2.24) is 0 Å². The fourth-order valence-electron chi connectivity index (χ4n) is 10.2. The van der Waals surface area contributed by atoms with Gasteiger partial charge in [0.15, 0.2) is 6.10 Å². The average molecular weight is 1160 g/mol. The molecule has 0 saturated carbocycles. The standard InChI is InChI=1S/C77H134O6/c1-4-7-10-13-16-19-22-25-27-29-31-33-35-36-37-38-39-40-42-43-45-47-49-52-55-58-61-64-67-70-76(79)82-73-74(72-81-75(78)69-66-63-60-57-54-51-24-21-18-15-12-9-6-3)83-77(80)71-68-65-62-59-56-53-50-48-46-44-41-34-32-30-28-26-23-20-17-14-11-8-5-2/h8,11-12,15,17,20-21,24,26,28-29,31-32,34,44,46,74H,4-7,9-10,13-14,16,18-19,22-23,25,27,30,33,35-43,45,47-73H2,1-3H3/b11-8-,15-12-,20-17-,24-21-,28-26-,31-29-,34-32-,46-44-. The van der Waals surface area contributed by atoms with Gasteiger partial charge in [-0.15, -0.1) is 0 Å². The van der Waals surface area contributed by atoms with Crippen molar-refractivity contribution in [3.8, 4) is 0 Å². The Labute approximate surface area is 515 Å². The van der Waals surface area contributed by atoms with Crippen molar-refractivity contribution in [3.05, 3.63) is 97.2 Å². The molecule has 0 aromatic carbocycles. The Balaban J connectivity index is 4.26. The fourth-order valence-corrected chi connectivity index (χ4v) is 10.2. The van der Waals surface area contributed by atoms with E-state index in [9.17, 15) is 14.4 Å². The number of carbonyl (C=O) groups is 3. The highest BCUT2D eigenvalue weighted by Crippen LogP contribution is 2.17. The summed E-state index contributed by atoms with van der Waals surface area (Å²) in [7, 11) is 0. The molecule has 0 radical (unpaired) electrons. The lowest BCUT2D eigenvalue weighted by atomic mass is 10.0. The average Bonchev–Trinajstić information content (AvgIpc) is 3.49. The first-order chi connectivity index (χ1) is 41.0. The van der Waals surface area contributed by atoms with Crippen molar-refractivity contribution in [1.29, 1.82) is 0 Å². The number of unbranched alkanes of at least 4 members (excludes halogenated alkanes) is 38. The molecule has 0 bridgehead atoms. The summed E-state index contributed by atoms with van der Waals surface area (Å²) in [5.41, 5.74) is 0. The number of hydrogen-bond donors (Lipinski definition) is 0. The molecular formula is C77H134O6. The fraction of sp³-hybridized carbons (Fsp3) is 0.753. The van der Waals surface area contributed by atoms with Crippen LogP contribution in [-0.2, 0) is 28.6 Å². The third-order valence-corrected chi connectivity index (χ3v) is 15.5. The van der Waals surface area contributed by atoms with Crippen LogP contribution in [0.2, 0.25) is 0 Å². The lowest BCUT2D eigenvalue weighted by molar-refractivity contribution is -0.167. The van der Waals surface area contributed by atoms with Crippen LogP contribution in [0.5, 0.6) is 0 Å². The Hall–Kier alpha value is -3.67. The molecule has 6 heteroatoms. The van der Waals surface area contributed by atoms with Gasteiger partial charge < -0.3 is 14.2 Å². The van der Waals surface area contributed by atoms with Crippen molar-refractivity contribution in [3.63, 3.8) is 0 Å². The molecule has 0 aromatic rings. The molecule has 0 aliphatic heterocycles. The molecule has 1 unspecified atom stereocenters. The molecule has 83 heavy (non-hydrogen) atoms. The monoisotopic (exact) mass is 1160 g/mol. The van der Waals surface area contributed by atoms with Crippen LogP contribution in [0, 0.1) is 0 Å². The van der Waals surface area contributed by atoms with Crippen molar-refractivity contribution >= 4 is 17.9 Å². The van der Waals surface area contributed by atoms with Gasteiger partial charge in [-0.2, -0.15) is 0 Å². The van der Waals surface area contributed by atoms with E-state index >= 15 is 0 Å². The first-order valence-corrected chi connectivity index (χ1v) is 35.7. The third kappa shape index (κ3) is 69.0. The molecule has 0 heterocycles. The van der Waals surface area contributed by atoms with Crippen LogP contribution in [0.3, 0.4) is 0 Å². The second-order valence-corrected chi connectivity index (χ2v) is 23.8. The van der Waals surface area contributed by atoms with Gasteiger partial charge in [-0.05, 0) is 116 Å². The van der Waals surface area contributed by atoms with Crippen LogP contribution in [0.25, 0.3) is 0 Å². The van der Waals surface area contributed by atoms with Crippen LogP contribution >= 0.6 is 0 Å². The lowest BCUT2D eigenvalue weighted by Gasteiger charge is -2.18. The molecule has 0 spiro atoms. The Morgan fingerprint density at radius 3 is 0.795 bits per heavy atom. The Morgan fingerprint density at radius 1 is 0.253 bits per heavy atom. The van der Waals surface area contributed by atoms with Crippen LogP contribution in [0.4, 0.5) is 0 Å². The minimum Gasteiger partial charge on any atom is -0.462 e. The van der Waals surface area contributed by atoms with E-state index in [0.29, 0.717) is 19.3 Å². The lowest BCUT2D eigenvalue weighted by Crippen LogP contribution is -2.30. The summed E-state index contributed by atoms with van der Waals surface area (Å²) in [5, 5.41) is 0. The molecule has 0 saturated heterocycles. The van der Waals surface area contributed by atoms with Gasteiger partial charge in [0.2, 0.25) is 0 Å². The van der Waals surface area contributed by atoms with E-state index in [0.717, 1.165) is 128 Å². The van der Waals surface area contributed by atoms with Crippen LogP contribution < -0.4 is 0 Å². The van der Waals surface area contributed by atoms with Gasteiger partial charge in [0.25, 0.3) is 0 Å². The van der Waals surface area contributed by atoms with E-state index < -0.39 is 6.10 Å². The molecule has 6 nitrogen and oxygen atoms in total. The maximum Gasteiger partial charge on any atom is 0.306 e. The highest BCUT2D eigenvalue weighted by molar-refractivity contribution is 5.71. The minimum atomic E-state index is -0.791. The number of rotatable bonds is 65. The van der Waals surface area contributed by atoms with Crippen molar-refractivity contribution in [2.24, 2.45) is 0 Å². The first kappa shape index (κ1) is 79.3. The van der Waals surface area contributed by atoms with E-state index in [1.165, 1.54) is 186 Å². The summed E-state index contributed by atoms with van der Waals surface area (Å²) >= 11 is 0. The van der Waals surface area contributed by atoms with Crippen molar-refractivity contribution in [2.45, 2.75) is 361 Å². The molecular weight excluding hydrogens is 1020 g/mol. The van der Waals surface area contributed by atoms with Gasteiger partial charge >= 0.3 is 17.9 Å². The van der Waals surface area contributed by atoms with Crippen LogP contribution in [0.15, 0.2) is 97.2 Å². The summed E-state index contributed by atoms with van der Waals surface area (Å²) in [6.07, 6.45) is 95.9. The molecule has 478 valence electrons. The predicted molar refractivity (Wildman–Crippen MR) is 362 cm³/mol. The zero-order valence-electron chi connectivity index (χ0n) is 54.9. The number of allylic oxidation sites excluding steroid dienone is 16. The summed E-state index contributed by atoms with van der Waals surface area (Å²) in [5.74, 6) is -0.896. The van der Waals surface area contributed by atoms with E-state index in [1.807, 2.05) is 0 Å². The zero-order valence-corrected chi connectivity index (χ0v) is 54.9. The van der Waals surface area contributed by atoms with E-state index in [-0.39, 0.29) is 31.1 Å². The van der Waals surface area contributed by atoms with E-state index in [1.54, 1.807) is 0 Å². The maximum absolute atomic E-state index is 13.0.